The van der Waals surface area contributed by atoms with Gasteiger partial charge >= 0.3 is 0 Å². The van der Waals surface area contributed by atoms with E-state index >= 15 is 0 Å². The van der Waals surface area contributed by atoms with Crippen molar-refractivity contribution >= 4 is 33.8 Å². The fourth-order valence-corrected chi connectivity index (χ4v) is 4.06. The molecular formula is C20H18ClFN4OS. The molecule has 0 bridgehead atoms. The number of benzene rings is 1. The lowest BCUT2D eigenvalue weighted by atomic mass is 10.1. The van der Waals surface area contributed by atoms with Crippen molar-refractivity contribution in [1.82, 2.24) is 19.6 Å². The Hall–Kier alpha value is -2.51. The zero-order valence-corrected chi connectivity index (χ0v) is 17.2. The number of thiophene rings is 1. The molecule has 0 radical (unpaired) electrons. The van der Waals surface area contributed by atoms with Crippen LogP contribution < -0.4 is 5.56 Å². The summed E-state index contributed by atoms with van der Waals surface area (Å²) in [4.78, 5) is 14.2. The Kier molecular flexibility index (Phi) is 4.59. The lowest BCUT2D eigenvalue weighted by Crippen LogP contribution is -2.31. The minimum atomic E-state index is -0.469. The van der Waals surface area contributed by atoms with Gasteiger partial charge in [0, 0.05) is 10.6 Å². The molecule has 3 aromatic heterocycles. The summed E-state index contributed by atoms with van der Waals surface area (Å²) in [6.45, 7) is 5.86. The number of hydrogen-bond acceptors (Lipinski definition) is 4. The standard InChI is InChI=1S/C20H18ClFN4OS/c1-20(2,3)26-18-12(10-23-26)17(16-8-5-9-28-16)24-25(19(18)27)11-13-14(21)6-4-7-15(13)22/h4-10H,11H2,1-3H3. The quantitative estimate of drug-likeness (QED) is 0.476. The predicted molar refractivity (Wildman–Crippen MR) is 111 cm³/mol. The smallest absolute Gasteiger partial charge is 0.265 e. The van der Waals surface area contributed by atoms with E-state index in [1.807, 2.05) is 38.3 Å². The highest BCUT2D eigenvalue weighted by atomic mass is 35.5. The van der Waals surface area contributed by atoms with Crippen molar-refractivity contribution in [2.45, 2.75) is 32.9 Å². The van der Waals surface area contributed by atoms with Gasteiger partial charge in [0.15, 0.2) is 0 Å². The Labute approximate surface area is 170 Å². The molecule has 1 aromatic carbocycles. The number of aromatic nitrogens is 4. The molecule has 0 spiro atoms. The first-order chi connectivity index (χ1) is 13.3. The lowest BCUT2D eigenvalue weighted by molar-refractivity contribution is 0.366. The van der Waals surface area contributed by atoms with E-state index in [9.17, 15) is 9.18 Å². The van der Waals surface area contributed by atoms with Crippen molar-refractivity contribution in [2.24, 2.45) is 0 Å². The second kappa shape index (κ2) is 6.83. The maximum atomic E-state index is 14.3. The fraction of sp³-hybridized carbons (Fsp3) is 0.250. The first-order valence-electron chi connectivity index (χ1n) is 8.73. The van der Waals surface area contributed by atoms with Crippen molar-refractivity contribution in [3.05, 3.63) is 68.7 Å². The van der Waals surface area contributed by atoms with Crippen LogP contribution in [0.4, 0.5) is 4.39 Å². The van der Waals surface area contributed by atoms with Gasteiger partial charge in [-0.15, -0.1) is 11.3 Å². The average Bonchev–Trinajstić information content (AvgIpc) is 3.29. The SMILES string of the molecule is CC(C)(C)n1ncc2c(-c3cccs3)nn(Cc3c(F)cccc3Cl)c(=O)c21. The molecule has 0 fully saturated rings. The molecule has 0 aliphatic rings. The molecule has 0 N–H and O–H groups in total. The van der Waals surface area contributed by atoms with Gasteiger partial charge in [-0.2, -0.15) is 10.2 Å². The minimum absolute atomic E-state index is 0.0615. The highest BCUT2D eigenvalue weighted by molar-refractivity contribution is 7.13. The average molecular weight is 417 g/mol. The number of rotatable bonds is 3. The molecule has 0 saturated heterocycles. The molecule has 4 aromatic rings. The maximum absolute atomic E-state index is 14.3. The van der Waals surface area contributed by atoms with E-state index in [0.29, 0.717) is 16.6 Å². The Morgan fingerprint density at radius 3 is 2.64 bits per heavy atom. The molecule has 0 atom stereocenters. The molecular weight excluding hydrogens is 399 g/mol. The number of hydrogen-bond donors (Lipinski definition) is 0. The molecule has 0 unspecified atom stereocenters. The van der Waals surface area contributed by atoms with Crippen LogP contribution in [0.5, 0.6) is 0 Å². The van der Waals surface area contributed by atoms with Gasteiger partial charge in [-0.25, -0.2) is 9.07 Å². The minimum Gasteiger partial charge on any atom is -0.265 e. The number of nitrogens with zero attached hydrogens (tertiary/aromatic N) is 4. The molecule has 28 heavy (non-hydrogen) atoms. The van der Waals surface area contributed by atoms with E-state index in [1.54, 1.807) is 16.9 Å². The highest BCUT2D eigenvalue weighted by Crippen LogP contribution is 2.30. The normalized spacial score (nSPS) is 12.0. The van der Waals surface area contributed by atoms with Gasteiger partial charge in [-0.1, -0.05) is 23.7 Å². The Bertz CT molecular complexity index is 1200. The van der Waals surface area contributed by atoms with E-state index in [-0.39, 0.29) is 22.7 Å². The summed E-state index contributed by atoms with van der Waals surface area (Å²) < 4.78 is 17.3. The molecule has 0 aliphatic heterocycles. The van der Waals surface area contributed by atoms with E-state index in [2.05, 4.69) is 10.2 Å². The third kappa shape index (κ3) is 3.14. The van der Waals surface area contributed by atoms with Gasteiger partial charge in [0.2, 0.25) is 0 Å². The summed E-state index contributed by atoms with van der Waals surface area (Å²) in [5.74, 6) is -0.469. The van der Waals surface area contributed by atoms with E-state index < -0.39 is 11.4 Å². The van der Waals surface area contributed by atoms with Crippen LogP contribution in [0.3, 0.4) is 0 Å². The molecule has 144 valence electrons. The molecule has 4 rings (SSSR count). The van der Waals surface area contributed by atoms with Crippen LogP contribution in [0.15, 0.2) is 46.7 Å². The molecule has 3 heterocycles. The van der Waals surface area contributed by atoms with Crippen LogP contribution in [0.1, 0.15) is 26.3 Å². The number of halogens is 2. The Morgan fingerprint density at radius 2 is 2.00 bits per heavy atom. The highest BCUT2D eigenvalue weighted by Gasteiger charge is 2.24. The molecule has 0 aliphatic carbocycles. The van der Waals surface area contributed by atoms with Crippen LogP contribution in [0.2, 0.25) is 5.02 Å². The lowest BCUT2D eigenvalue weighted by Gasteiger charge is -2.20. The van der Waals surface area contributed by atoms with Gasteiger partial charge in [-0.05, 0) is 44.4 Å². The van der Waals surface area contributed by atoms with E-state index in [4.69, 9.17) is 11.6 Å². The molecule has 0 saturated carbocycles. The van der Waals surface area contributed by atoms with Crippen LogP contribution >= 0.6 is 22.9 Å². The first-order valence-corrected chi connectivity index (χ1v) is 9.99. The van der Waals surface area contributed by atoms with Crippen LogP contribution in [0.25, 0.3) is 21.5 Å². The summed E-state index contributed by atoms with van der Waals surface area (Å²) in [5.41, 5.74) is 0.590. The topological polar surface area (TPSA) is 52.7 Å². The summed E-state index contributed by atoms with van der Waals surface area (Å²) in [6, 6.07) is 8.32. The molecule has 8 heteroatoms. The maximum Gasteiger partial charge on any atom is 0.293 e. The Balaban J connectivity index is 2.02. The third-order valence-corrected chi connectivity index (χ3v) is 5.67. The zero-order valence-electron chi connectivity index (χ0n) is 15.6. The van der Waals surface area contributed by atoms with Gasteiger partial charge in [0.05, 0.1) is 28.5 Å². The van der Waals surface area contributed by atoms with Crippen LogP contribution in [-0.2, 0) is 12.1 Å². The third-order valence-electron chi connectivity index (χ3n) is 4.44. The van der Waals surface area contributed by atoms with Gasteiger partial charge in [0.25, 0.3) is 5.56 Å². The van der Waals surface area contributed by atoms with Crippen molar-refractivity contribution in [3.63, 3.8) is 0 Å². The summed E-state index contributed by atoms with van der Waals surface area (Å²) in [7, 11) is 0. The van der Waals surface area contributed by atoms with Gasteiger partial charge in [0.1, 0.15) is 17.0 Å². The van der Waals surface area contributed by atoms with Crippen molar-refractivity contribution in [2.75, 3.05) is 0 Å². The zero-order chi connectivity index (χ0) is 20.1. The van der Waals surface area contributed by atoms with Crippen LogP contribution in [0, 0.1) is 5.82 Å². The van der Waals surface area contributed by atoms with E-state index in [1.165, 1.54) is 28.2 Å². The molecule has 0 amide bonds. The predicted octanol–water partition coefficient (Wildman–Crippen LogP) is 4.92. The Morgan fingerprint density at radius 1 is 1.21 bits per heavy atom. The summed E-state index contributed by atoms with van der Waals surface area (Å²) in [6.07, 6.45) is 1.67. The second-order valence-electron chi connectivity index (χ2n) is 7.48. The monoisotopic (exact) mass is 416 g/mol. The largest absolute Gasteiger partial charge is 0.293 e. The second-order valence-corrected chi connectivity index (χ2v) is 8.83. The fourth-order valence-electron chi connectivity index (χ4n) is 3.11. The van der Waals surface area contributed by atoms with Crippen molar-refractivity contribution in [3.8, 4) is 10.6 Å². The van der Waals surface area contributed by atoms with E-state index in [0.717, 1.165) is 4.88 Å². The first kappa shape index (κ1) is 18.8. The van der Waals surface area contributed by atoms with Crippen LogP contribution in [-0.4, -0.2) is 19.6 Å². The summed E-state index contributed by atoms with van der Waals surface area (Å²) >= 11 is 7.69. The summed E-state index contributed by atoms with van der Waals surface area (Å²) in [5, 5.41) is 11.9. The number of fused-ring (bicyclic) bond motifs is 1. The molecule has 5 nitrogen and oxygen atoms in total. The van der Waals surface area contributed by atoms with Crippen molar-refractivity contribution in [1.29, 1.82) is 0 Å². The van der Waals surface area contributed by atoms with Gasteiger partial charge in [-0.3, -0.25) is 9.48 Å². The van der Waals surface area contributed by atoms with Gasteiger partial charge < -0.3 is 0 Å². The van der Waals surface area contributed by atoms with Crippen molar-refractivity contribution < 1.29 is 4.39 Å².